The Morgan fingerprint density at radius 2 is 1.66 bits per heavy atom. The fraction of sp³-hybridized carbons (Fsp3) is 0.208. The van der Waals surface area contributed by atoms with E-state index in [1.807, 2.05) is 55.5 Å². The molecule has 3 aromatic rings. The van der Waals surface area contributed by atoms with Gasteiger partial charge in [0.15, 0.2) is 0 Å². The number of halogens is 1. The number of aryl methyl sites for hydroxylation is 1. The lowest BCUT2D eigenvalue weighted by Gasteiger charge is -2.22. The van der Waals surface area contributed by atoms with Gasteiger partial charge in [0.2, 0.25) is 15.9 Å². The highest BCUT2D eigenvalue weighted by Gasteiger charge is 2.27. The van der Waals surface area contributed by atoms with Gasteiger partial charge in [0.25, 0.3) is 0 Å². The summed E-state index contributed by atoms with van der Waals surface area (Å²) in [5.41, 5.74) is 2.68. The van der Waals surface area contributed by atoms with Gasteiger partial charge in [0, 0.05) is 23.1 Å². The molecule has 0 heterocycles. The third-order valence-electron chi connectivity index (χ3n) is 4.92. The highest BCUT2D eigenvalue weighted by atomic mass is 79.9. The Labute approximate surface area is 197 Å². The molecular weight excluding hydrogens is 492 g/mol. The standard InChI is InChI=1S/C24H25BrN2O4S/c1-18-7-9-19(10-8-18)16-27(32(29,30)22-13-11-21(25)12-14-22)17-24(28)26-15-20-5-3-4-6-23(20)31-2/h3-14H,15-17H2,1-2H3,(H,26,28). The monoisotopic (exact) mass is 516 g/mol. The number of methoxy groups -OCH3 is 1. The summed E-state index contributed by atoms with van der Waals surface area (Å²) in [6.07, 6.45) is 0. The maximum atomic E-state index is 13.3. The molecule has 0 fully saturated rings. The van der Waals surface area contributed by atoms with E-state index in [0.29, 0.717) is 5.75 Å². The molecule has 0 saturated carbocycles. The van der Waals surface area contributed by atoms with Crippen molar-refractivity contribution in [3.8, 4) is 5.75 Å². The Morgan fingerprint density at radius 3 is 2.31 bits per heavy atom. The van der Waals surface area contributed by atoms with E-state index in [1.54, 1.807) is 19.2 Å². The molecule has 1 amide bonds. The molecule has 0 saturated heterocycles. The number of carbonyl (C=O) groups excluding carboxylic acids is 1. The zero-order valence-corrected chi connectivity index (χ0v) is 20.3. The molecule has 0 aliphatic heterocycles. The first-order chi connectivity index (χ1) is 15.3. The number of rotatable bonds is 9. The van der Waals surface area contributed by atoms with Crippen LogP contribution in [0.25, 0.3) is 0 Å². The van der Waals surface area contributed by atoms with Crippen LogP contribution in [0.15, 0.2) is 82.2 Å². The van der Waals surface area contributed by atoms with Crippen LogP contribution in [-0.2, 0) is 27.9 Å². The average molecular weight is 517 g/mol. The molecule has 0 aromatic heterocycles. The normalized spacial score (nSPS) is 11.4. The van der Waals surface area contributed by atoms with E-state index in [9.17, 15) is 13.2 Å². The molecule has 0 aliphatic rings. The number of para-hydroxylation sites is 1. The van der Waals surface area contributed by atoms with Gasteiger partial charge in [-0.3, -0.25) is 4.79 Å². The summed E-state index contributed by atoms with van der Waals surface area (Å²) in [6.45, 7) is 1.98. The molecule has 0 radical (unpaired) electrons. The van der Waals surface area contributed by atoms with E-state index < -0.39 is 15.9 Å². The molecule has 168 valence electrons. The minimum absolute atomic E-state index is 0.0841. The number of hydrogen-bond acceptors (Lipinski definition) is 4. The summed E-state index contributed by atoms with van der Waals surface area (Å²) in [7, 11) is -2.33. The largest absolute Gasteiger partial charge is 0.496 e. The molecule has 8 heteroatoms. The van der Waals surface area contributed by atoms with Gasteiger partial charge in [-0.25, -0.2) is 8.42 Å². The number of nitrogens with one attached hydrogen (secondary N) is 1. The van der Waals surface area contributed by atoms with Crippen LogP contribution in [0.1, 0.15) is 16.7 Å². The lowest BCUT2D eigenvalue weighted by molar-refractivity contribution is -0.121. The summed E-state index contributed by atoms with van der Waals surface area (Å²) < 4.78 is 33.9. The van der Waals surface area contributed by atoms with Gasteiger partial charge in [0.05, 0.1) is 18.6 Å². The van der Waals surface area contributed by atoms with Crippen molar-refractivity contribution >= 4 is 31.9 Å². The maximum Gasteiger partial charge on any atom is 0.243 e. The molecule has 6 nitrogen and oxygen atoms in total. The van der Waals surface area contributed by atoms with Crippen LogP contribution >= 0.6 is 15.9 Å². The predicted octanol–water partition coefficient (Wildman–Crippen LogP) is 4.27. The molecule has 1 N–H and O–H groups in total. The van der Waals surface area contributed by atoms with Crippen molar-refractivity contribution in [2.75, 3.05) is 13.7 Å². The topological polar surface area (TPSA) is 75.7 Å². The van der Waals surface area contributed by atoms with E-state index >= 15 is 0 Å². The van der Waals surface area contributed by atoms with Crippen molar-refractivity contribution < 1.29 is 17.9 Å². The number of hydrogen-bond donors (Lipinski definition) is 1. The van der Waals surface area contributed by atoms with Crippen LogP contribution in [-0.4, -0.2) is 32.3 Å². The molecule has 32 heavy (non-hydrogen) atoms. The summed E-state index contributed by atoms with van der Waals surface area (Å²) in [4.78, 5) is 12.9. The molecule has 3 aromatic carbocycles. The van der Waals surface area contributed by atoms with Crippen molar-refractivity contribution in [3.63, 3.8) is 0 Å². The zero-order valence-electron chi connectivity index (χ0n) is 17.9. The summed E-state index contributed by atoms with van der Waals surface area (Å²) >= 11 is 3.32. The first-order valence-corrected chi connectivity index (χ1v) is 12.2. The second-order valence-corrected chi connectivity index (χ2v) is 10.2. The van der Waals surface area contributed by atoms with E-state index in [4.69, 9.17) is 4.74 Å². The first kappa shape index (κ1) is 24.0. The van der Waals surface area contributed by atoms with E-state index in [2.05, 4.69) is 21.2 Å². The lowest BCUT2D eigenvalue weighted by atomic mass is 10.1. The Hall–Kier alpha value is -2.68. The predicted molar refractivity (Wildman–Crippen MR) is 128 cm³/mol. The van der Waals surface area contributed by atoms with Crippen molar-refractivity contribution in [1.82, 2.24) is 9.62 Å². The van der Waals surface area contributed by atoms with Crippen LogP contribution in [0.3, 0.4) is 0 Å². The molecule has 0 aliphatic carbocycles. The second kappa shape index (κ2) is 10.8. The van der Waals surface area contributed by atoms with Crippen LogP contribution in [0, 0.1) is 6.92 Å². The summed E-state index contributed by atoms with van der Waals surface area (Å²) in [5, 5.41) is 2.80. The van der Waals surface area contributed by atoms with Gasteiger partial charge in [-0.1, -0.05) is 64.0 Å². The van der Waals surface area contributed by atoms with E-state index in [1.165, 1.54) is 16.4 Å². The van der Waals surface area contributed by atoms with E-state index in [0.717, 1.165) is 21.2 Å². The first-order valence-electron chi connectivity index (χ1n) is 9.99. The van der Waals surface area contributed by atoms with Crippen LogP contribution < -0.4 is 10.1 Å². The molecule has 0 atom stereocenters. The van der Waals surface area contributed by atoms with Gasteiger partial charge in [-0.15, -0.1) is 0 Å². The van der Waals surface area contributed by atoms with Gasteiger partial charge >= 0.3 is 0 Å². The Kier molecular flexibility index (Phi) is 8.06. The third kappa shape index (κ3) is 6.18. The molecule has 0 bridgehead atoms. The van der Waals surface area contributed by atoms with Gasteiger partial charge in [-0.05, 0) is 42.8 Å². The number of amides is 1. The van der Waals surface area contributed by atoms with Gasteiger partial charge in [-0.2, -0.15) is 4.31 Å². The smallest absolute Gasteiger partial charge is 0.243 e. The second-order valence-electron chi connectivity index (χ2n) is 7.30. The molecule has 0 unspecified atom stereocenters. The fourth-order valence-corrected chi connectivity index (χ4v) is 4.79. The summed E-state index contributed by atoms with van der Waals surface area (Å²) in [6, 6.07) is 21.3. The van der Waals surface area contributed by atoms with Crippen molar-refractivity contribution in [2.45, 2.75) is 24.9 Å². The Morgan fingerprint density at radius 1 is 1.00 bits per heavy atom. The number of carbonyl (C=O) groups is 1. The van der Waals surface area contributed by atoms with Gasteiger partial charge < -0.3 is 10.1 Å². The van der Waals surface area contributed by atoms with Crippen molar-refractivity contribution in [3.05, 3.63) is 94.0 Å². The summed E-state index contributed by atoms with van der Waals surface area (Å²) in [5.74, 6) is 0.260. The molecule has 0 spiro atoms. The SMILES string of the molecule is COc1ccccc1CNC(=O)CN(Cc1ccc(C)cc1)S(=O)(=O)c1ccc(Br)cc1. The number of sulfonamides is 1. The fourth-order valence-electron chi connectivity index (χ4n) is 3.14. The number of nitrogens with zero attached hydrogens (tertiary/aromatic N) is 1. The third-order valence-corrected chi connectivity index (χ3v) is 7.25. The molecule has 3 rings (SSSR count). The van der Waals surface area contributed by atoms with E-state index in [-0.39, 0.29) is 24.5 Å². The molecular formula is C24H25BrN2O4S. The van der Waals surface area contributed by atoms with Crippen LogP contribution in [0.2, 0.25) is 0 Å². The number of ether oxygens (including phenoxy) is 1. The van der Waals surface area contributed by atoms with Crippen LogP contribution in [0.5, 0.6) is 5.75 Å². The Bertz CT molecular complexity index is 1160. The highest BCUT2D eigenvalue weighted by molar-refractivity contribution is 9.10. The number of benzene rings is 3. The lowest BCUT2D eigenvalue weighted by Crippen LogP contribution is -2.40. The van der Waals surface area contributed by atoms with Crippen molar-refractivity contribution in [2.24, 2.45) is 0 Å². The quantitative estimate of drug-likeness (QED) is 0.460. The highest BCUT2D eigenvalue weighted by Crippen LogP contribution is 2.21. The minimum atomic E-state index is -3.89. The average Bonchev–Trinajstić information content (AvgIpc) is 2.79. The van der Waals surface area contributed by atoms with Crippen LogP contribution in [0.4, 0.5) is 0 Å². The van der Waals surface area contributed by atoms with Gasteiger partial charge in [0.1, 0.15) is 5.75 Å². The maximum absolute atomic E-state index is 13.3. The van der Waals surface area contributed by atoms with Crippen molar-refractivity contribution in [1.29, 1.82) is 0 Å². The zero-order chi connectivity index (χ0) is 23.1. The Balaban J connectivity index is 1.80. The minimum Gasteiger partial charge on any atom is -0.496 e.